The molecule has 2 aromatic rings. The van der Waals surface area contributed by atoms with Crippen molar-refractivity contribution < 1.29 is 63.7 Å². The second-order valence-corrected chi connectivity index (χ2v) is 16.2. The first kappa shape index (κ1) is 45.0. The first-order valence-electron chi connectivity index (χ1n) is 20.1. The number of amides is 1. The van der Waals surface area contributed by atoms with Crippen molar-refractivity contribution in [2.45, 2.75) is 124 Å². The number of anilines is 1. The molecule has 0 radical (unpaired) electrons. The number of aliphatic hydroxyl groups excluding tert-OH is 2. The number of phenolic OH excluding ortho intramolecular Hbond substituents is 3. The maximum Gasteiger partial charge on any atom is 0.312 e. The maximum absolute atomic E-state index is 14.4. The van der Waals surface area contributed by atoms with Gasteiger partial charge < -0.3 is 54.6 Å². The predicted octanol–water partition coefficient (Wildman–Crippen LogP) is 6.44. The van der Waals surface area contributed by atoms with Gasteiger partial charge in [0.1, 0.15) is 29.5 Å². The molecule has 0 aromatic heterocycles. The number of carbonyl (C=O) groups is 3. The molecule has 5 bridgehead atoms. The minimum absolute atomic E-state index is 0.0450. The van der Waals surface area contributed by atoms with Crippen LogP contribution in [-0.4, -0.2) is 92.8 Å². The van der Waals surface area contributed by atoms with Crippen LogP contribution in [0.2, 0.25) is 0 Å². The SMILES string of the molecule is CO[C@H]1/C=C/O[C@@]2(C)Oc3c(C)c(O)c4c(O)c(c(/C=N/OC5CCCCC5)c(O)c4c3C2=O)NC(=O)/C(C)=C/C=C/[C@H](C)[C@H](O)[C@@H](C)[C@@H](O)[C@@H](C)[C@H](OC(C)=O)[C@@H]1C. The number of nitrogens with zero attached hydrogens (tertiary/aromatic N) is 1. The normalized spacial score (nSPS) is 31.9. The molecule has 3 heterocycles. The average molecular weight is 823 g/mol. The lowest BCUT2D eigenvalue weighted by molar-refractivity contribution is -0.160. The van der Waals surface area contributed by atoms with Crippen molar-refractivity contribution in [3.8, 4) is 23.0 Å². The molecular formula is C44H58N2O13. The highest BCUT2D eigenvalue weighted by atomic mass is 16.7. The number of benzene rings is 2. The zero-order valence-corrected chi connectivity index (χ0v) is 35.1. The summed E-state index contributed by atoms with van der Waals surface area (Å²) in [6.07, 6.45) is 9.03. The lowest BCUT2D eigenvalue weighted by Crippen LogP contribution is -2.46. The number of Topliss-reactive ketones (excluding diaryl/α,β-unsaturated/α-hetero) is 1. The molecule has 2 aromatic carbocycles. The molecule has 4 aliphatic rings. The smallest absolute Gasteiger partial charge is 0.312 e. The van der Waals surface area contributed by atoms with Gasteiger partial charge in [0.2, 0.25) is 0 Å². The largest absolute Gasteiger partial charge is 0.507 e. The molecule has 1 fully saturated rings. The molecular weight excluding hydrogens is 764 g/mol. The number of ketones is 1. The second-order valence-electron chi connectivity index (χ2n) is 16.2. The summed E-state index contributed by atoms with van der Waals surface area (Å²) in [7, 11) is 1.43. The minimum Gasteiger partial charge on any atom is -0.507 e. The van der Waals surface area contributed by atoms with Gasteiger partial charge in [-0.25, -0.2) is 0 Å². The van der Waals surface area contributed by atoms with E-state index in [1.807, 2.05) is 0 Å². The summed E-state index contributed by atoms with van der Waals surface area (Å²) in [5.74, 6) is -8.50. The van der Waals surface area contributed by atoms with Crippen LogP contribution in [0.15, 0.2) is 41.3 Å². The van der Waals surface area contributed by atoms with E-state index in [2.05, 4.69) is 10.5 Å². The summed E-state index contributed by atoms with van der Waals surface area (Å²) < 4.78 is 23.6. The fraction of sp³-hybridized carbons (Fsp3) is 0.545. The Morgan fingerprint density at radius 1 is 0.932 bits per heavy atom. The Morgan fingerprint density at radius 3 is 2.25 bits per heavy atom. The van der Waals surface area contributed by atoms with E-state index < -0.39 is 88.8 Å². The van der Waals surface area contributed by atoms with Crippen molar-refractivity contribution in [3.63, 3.8) is 0 Å². The van der Waals surface area contributed by atoms with E-state index in [-0.39, 0.29) is 50.6 Å². The third-order valence-corrected chi connectivity index (χ3v) is 12.0. The maximum atomic E-state index is 14.4. The molecule has 59 heavy (non-hydrogen) atoms. The molecule has 1 amide bonds. The Balaban J connectivity index is 1.69. The average Bonchev–Trinajstić information content (AvgIpc) is 3.47. The van der Waals surface area contributed by atoms with Crippen molar-refractivity contribution >= 4 is 40.3 Å². The number of aliphatic hydroxyl groups is 2. The number of hydrogen-bond donors (Lipinski definition) is 6. The molecule has 0 spiro atoms. The van der Waals surface area contributed by atoms with Crippen LogP contribution in [0.3, 0.4) is 0 Å². The quantitative estimate of drug-likeness (QED) is 0.0629. The van der Waals surface area contributed by atoms with Crippen LogP contribution in [0.5, 0.6) is 23.0 Å². The number of methoxy groups -OCH3 is 1. The first-order valence-corrected chi connectivity index (χ1v) is 20.1. The number of aromatic hydroxyl groups is 3. The number of allylic oxidation sites excluding steroid dienone is 2. The Labute approximate surface area is 344 Å². The fourth-order valence-corrected chi connectivity index (χ4v) is 8.21. The van der Waals surface area contributed by atoms with Gasteiger partial charge in [-0.3, -0.25) is 14.4 Å². The Hall–Kier alpha value is -5.12. The predicted molar refractivity (Wildman–Crippen MR) is 219 cm³/mol. The lowest BCUT2D eigenvalue weighted by Gasteiger charge is -2.38. The highest BCUT2D eigenvalue weighted by Gasteiger charge is 2.50. The molecule has 322 valence electrons. The summed E-state index contributed by atoms with van der Waals surface area (Å²) in [4.78, 5) is 46.2. The Bertz CT molecular complexity index is 2050. The van der Waals surface area contributed by atoms with Gasteiger partial charge in [0.15, 0.2) is 5.75 Å². The summed E-state index contributed by atoms with van der Waals surface area (Å²) >= 11 is 0. The van der Waals surface area contributed by atoms with E-state index >= 15 is 0 Å². The van der Waals surface area contributed by atoms with E-state index in [1.54, 1.807) is 39.8 Å². The number of rotatable bonds is 5. The number of oxime groups is 1. The van der Waals surface area contributed by atoms with Gasteiger partial charge in [0.25, 0.3) is 11.7 Å². The third-order valence-electron chi connectivity index (χ3n) is 12.0. The number of carbonyl (C=O) groups excluding carboxylic acids is 3. The molecule has 15 heteroatoms. The van der Waals surface area contributed by atoms with Gasteiger partial charge >= 0.3 is 11.8 Å². The van der Waals surface area contributed by atoms with Crippen LogP contribution in [-0.2, 0) is 28.6 Å². The van der Waals surface area contributed by atoms with Gasteiger partial charge in [-0.1, -0.05) is 57.5 Å². The van der Waals surface area contributed by atoms with Gasteiger partial charge in [-0.2, -0.15) is 0 Å². The minimum atomic E-state index is -2.05. The molecule has 9 atom stereocenters. The number of ether oxygens (including phenoxy) is 4. The standard InChI is InChI=1S/C44H58N2O13/c1-21-14-13-15-22(2)43(54)46-34-29(20-45-59-28-16-11-10-12-17-28)38(51)31-32(39(34)52)37(50)26(6)41-33(31)42(53)44(8,58-41)56-19-18-30(55-9)23(3)40(57-27(7)47)25(5)36(49)24(4)35(21)48/h13-15,18-21,23-25,28,30,35-36,40,48-52H,10-12,16-17H2,1-9H3,(H,46,54)/b14-13+,19-18+,22-15+,45-20+/t21-,23+,24+,25+,30-,35-,36+,40+,44-/m0/s1. The summed E-state index contributed by atoms with van der Waals surface area (Å²) in [5, 5.41) is 64.4. The van der Waals surface area contributed by atoms with Crippen molar-refractivity contribution in [1.29, 1.82) is 0 Å². The van der Waals surface area contributed by atoms with Gasteiger partial charge in [0, 0.05) is 61.2 Å². The molecule has 0 unspecified atom stereocenters. The Morgan fingerprint density at radius 2 is 1.61 bits per heavy atom. The van der Waals surface area contributed by atoms with Gasteiger partial charge in [0.05, 0.1) is 53.0 Å². The van der Waals surface area contributed by atoms with Crippen LogP contribution in [0.1, 0.15) is 102 Å². The summed E-state index contributed by atoms with van der Waals surface area (Å²) in [6, 6.07) is 0. The van der Waals surface area contributed by atoms with E-state index in [9.17, 15) is 39.9 Å². The van der Waals surface area contributed by atoms with Crippen LogP contribution >= 0.6 is 0 Å². The number of fused-ring (bicyclic) bond motifs is 14. The molecule has 0 saturated heterocycles. The van der Waals surface area contributed by atoms with Crippen LogP contribution < -0.4 is 10.1 Å². The first-order chi connectivity index (χ1) is 27.8. The topological polar surface area (TPSA) is 223 Å². The van der Waals surface area contributed by atoms with E-state index in [0.717, 1.165) is 38.3 Å². The monoisotopic (exact) mass is 822 g/mol. The summed E-state index contributed by atoms with van der Waals surface area (Å²) in [5.41, 5.74) is -0.511. The Kier molecular flexibility index (Phi) is 14.0. The molecule has 6 rings (SSSR count). The van der Waals surface area contributed by atoms with Crippen LogP contribution in [0.25, 0.3) is 10.8 Å². The molecule has 1 saturated carbocycles. The number of nitrogens with one attached hydrogen (secondary N) is 1. The highest BCUT2D eigenvalue weighted by Crippen LogP contribution is 2.55. The third kappa shape index (κ3) is 9.07. The molecule has 15 nitrogen and oxygen atoms in total. The van der Waals surface area contributed by atoms with E-state index in [4.69, 9.17) is 23.8 Å². The van der Waals surface area contributed by atoms with E-state index in [0.29, 0.717) is 0 Å². The zero-order valence-electron chi connectivity index (χ0n) is 35.1. The number of esters is 1. The number of phenols is 3. The van der Waals surface area contributed by atoms with Crippen molar-refractivity contribution in [2.75, 3.05) is 12.4 Å². The van der Waals surface area contributed by atoms with Gasteiger partial charge in [-0.15, -0.1) is 0 Å². The second kappa shape index (κ2) is 18.4. The van der Waals surface area contributed by atoms with Crippen LogP contribution in [0.4, 0.5) is 5.69 Å². The lowest BCUT2D eigenvalue weighted by atomic mass is 9.78. The van der Waals surface area contributed by atoms with Crippen molar-refractivity contribution in [3.05, 3.63) is 52.8 Å². The fourth-order valence-electron chi connectivity index (χ4n) is 8.21. The number of hydrogen-bond acceptors (Lipinski definition) is 14. The van der Waals surface area contributed by atoms with Gasteiger partial charge in [-0.05, 0) is 45.6 Å². The highest BCUT2D eigenvalue weighted by molar-refractivity contribution is 6.23. The summed E-state index contributed by atoms with van der Waals surface area (Å²) in [6.45, 7) is 12.5. The van der Waals surface area contributed by atoms with E-state index in [1.165, 1.54) is 53.2 Å². The molecule has 1 aliphatic carbocycles. The molecule has 3 aliphatic heterocycles. The van der Waals surface area contributed by atoms with Crippen molar-refractivity contribution in [2.24, 2.45) is 28.8 Å². The zero-order chi connectivity index (χ0) is 43.5. The van der Waals surface area contributed by atoms with Crippen LogP contribution in [0, 0.1) is 30.6 Å². The molecule has 6 N–H and O–H groups in total. The van der Waals surface area contributed by atoms with Crippen molar-refractivity contribution in [1.82, 2.24) is 0 Å².